The standard InChI is InChI=1S/C22H19Cl2NS/c23-18-10-6-16(7-11-18)21-14-26-15-22(17-8-12-19(24)13-9-17)25(21)20-4-2-1-3-5-20/h1-13,21-22H,14-15H2/t21-,22+. The second-order valence-corrected chi connectivity index (χ2v) is 8.36. The van der Waals surface area contributed by atoms with Crippen molar-refractivity contribution < 1.29 is 0 Å². The molecule has 1 fully saturated rings. The third-order valence-corrected chi connectivity index (χ3v) is 6.39. The van der Waals surface area contributed by atoms with Gasteiger partial charge in [-0.1, -0.05) is 65.7 Å². The van der Waals surface area contributed by atoms with Crippen molar-refractivity contribution in [2.75, 3.05) is 16.4 Å². The summed E-state index contributed by atoms with van der Waals surface area (Å²) in [5.74, 6) is 2.11. The molecule has 132 valence electrons. The van der Waals surface area contributed by atoms with Crippen LogP contribution >= 0.6 is 35.0 Å². The minimum Gasteiger partial charge on any atom is -0.356 e. The number of thioether (sulfide) groups is 1. The Morgan fingerprint density at radius 2 is 1.12 bits per heavy atom. The molecule has 1 saturated heterocycles. The van der Waals surface area contributed by atoms with Crippen molar-refractivity contribution >= 4 is 40.7 Å². The number of benzene rings is 3. The van der Waals surface area contributed by atoms with Crippen molar-refractivity contribution in [1.82, 2.24) is 0 Å². The lowest BCUT2D eigenvalue weighted by Crippen LogP contribution is -2.39. The molecule has 0 aromatic heterocycles. The number of halogens is 2. The molecule has 0 radical (unpaired) electrons. The van der Waals surface area contributed by atoms with E-state index in [-0.39, 0.29) is 0 Å². The highest BCUT2D eigenvalue weighted by atomic mass is 35.5. The summed E-state index contributed by atoms with van der Waals surface area (Å²) in [6.07, 6.45) is 0. The van der Waals surface area contributed by atoms with E-state index in [1.165, 1.54) is 16.8 Å². The second kappa shape index (κ2) is 7.96. The van der Waals surface area contributed by atoms with E-state index in [4.69, 9.17) is 23.2 Å². The zero-order chi connectivity index (χ0) is 17.9. The fourth-order valence-corrected chi connectivity index (χ4v) is 5.05. The predicted octanol–water partition coefficient (Wildman–Crippen LogP) is 7.03. The molecule has 0 bridgehead atoms. The van der Waals surface area contributed by atoms with E-state index >= 15 is 0 Å². The van der Waals surface area contributed by atoms with E-state index < -0.39 is 0 Å². The van der Waals surface area contributed by atoms with Crippen LogP contribution in [-0.2, 0) is 0 Å². The van der Waals surface area contributed by atoms with E-state index in [9.17, 15) is 0 Å². The molecule has 4 heteroatoms. The van der Waals surface area contributed by atoms with Gasteiger partial charge in [0, 0.05) is 27.2 Å². The van der Waals surface area contributed by atoms with Gasteiger partial charge in [-0.05, 0) is 47.5 Å². The first-order valence-electron chi connectivity index (χ1n) is 8.64. The summed E-state index contributed by atoms with van der Waals surface area (Å²) in [4.78, 5) is 2.54. The van der Waals surface area contributed by atoms with Crippen LogP contribution < -0.4 is 4.90 Å². The minimum absolute atomic E-state index is 0.300. The summed E-state index contributed by atoms with van der Waals surface area (Å²) in [7, 11) is 0. The molecule has 3 aromatic rings. The van der Waals surface area contributed by atoms with Crippen LogP contribution in [-0.4, -0.2) is 11.5 Å². The molecule has 0 amide bonds. The molecule has 1 aliphatic rings. The van der Waals surface area contributed by atoms with E-state index in [1.54, 1.807) is 0 Å². The average Bonchev–Trinajstić information content (AvgIpc) is 2.69. The molecule has 0 spiro atoms. The summed E-state index contributed by atoms with van der Waals surface area (Å²) in [6.45, 7) is 0. The number of nitrogens with zero attached hydrogens (tertiary/aromatic N) is 1. The normalized spacial score (nSPS) is 20.2. The molecule has 26 heavy (non-hydrogen) atoms. The Bertz CT molecular complexity index is 796. The van der Waals surface area contributed by atoms with Crippen LogP contribution in [0, 0.1) is 0 Å². The largest absolute Gasteiger partial charge is 0.356 e. The molecule has 0 saturated carbocycles. The van der Waals surface area contributed by atoms with Gasteiger partial charge in [0.25, 0.3) is 0 Å². The van der Waals surface area contributed by atoms with Crippen LogP contribution in [0.3, 0.4) is 0 Å². The number of rotatable bonds is 3. The lowest BCUT2D eigenvalue weighted by Gasteiger charge is -2.44. The molecule has 1 nitrogen and oxygen atoms in total. The number of para-hydroxylation sites is 1. The summed E-state index contributed by atoms with van der Waals surface area (Å²) < 4.78 is 0. The third-order valence-electron chi connectivity index (χ3n) is 4.79. The van der Waals surface area contributed by atoms with Crippen molar-refractivity contribution in [2.45, 2.75) is 12.1 Å². The zero-order valence-electron chi connectivity index (χ0n) is 14.2. The van der Waals surface area contributed by atoms with Gasteiger partial charge in [0.05, 0.1) is 12.1 Å². The van der Waals surface area contributed by atoms with Crippen LogP contribution in [0.15, 0.2) is 78.9 Å². The van der Waals surface area contributed by atoms with Crippen LogP contribution in [0.25, 0.3) is 0 Å². The van der Waals surface area contributed by atoms with Gasteiger partial charge < -0.3 is 4.90 Å². The fourth-order valence-electron chi connectivity index (χ4n) is 3.51. The average molecular weight is 400 g/mol. The first-order valence-corrected chi connectivity index (χ1v) is 10.6. The monoisotopic (exact) mass is 399 g/mol. The van der Waals surface area contributed by atoms with E-state index in [2.05, 4.69) is 59.5 Å². The van der Waals surface area contributed by atoms with Gasteiger partial charge >= 0.3 is 0 Å². The maximum atomic E-state index is 6.11. The van der Waals surface area contributed by atoms with E-state index in [1.807, 2.05) is 36.0 Å². The number of anilines is 1. The molecule has 2 atom stereocenters. The van der Waals surface area contributed by atoms with Crippen molar-refractivity contribution in [3.63, 3.8) is 0 Å². The van der Waals surface area contributed by atoms with Gasteiger partial charge in [0.2, 0.25) is 0 Å². The first-order chi connectivity index (χ1) is 12.7. The Labute approximate surface area is 168 Å². The highest BCUT2D eigenvalue weighted by Crippen LogP contribution is 2.43. The highest BCUT2D eigenvalue weighted by molar-refractivity contribution is 7.99. The van der Waals surface area contributed by atoms with E-state index in [0.29, 0.717) is 12.1 Å². The fraction of sp³-hybridized carbons (Fsp3) is 0.182. The Balaban J connectivity index is 1.77. The van der Waals surface area contributed by atoms with Gasteiger partial charge in [-0.25, -0.2) is 0 Å². The Kier molecular flexibility index (Phi) is 5.44. The Morgan fingerprint density at radius 3 is 1.58 bits per heavy atom. The van der Waals surface area contributed by atoms with Crippen molar-refractivity contribution in [1.29, 1.82) is 0 Å². The second-order valence-electron chi connectivity index (χ2n) is 6.41. The van der Waals surface area contributed by atoms with Crippen LogP contribution in [0.1, 0.15) is 23.2 Å². The molecular weight excluding hydrogens is 381 g/mol. The van der Waals surface area contributed by atoms with Crippen molar-refractivity contribution in [3.05, 3.63) is 100 Å². The van der Waals surface area contributed by atoms with Crippen molar-refractivity contribution in [3.8, 4) is 0 Å². The third kappa shape index (κ3) is 3.73. The summed E-state index contributed by atoms with van der Waals surface area (Å²) in [5.41, 5.74) is 3.83. The molecule has 0 N–H and O–H groups in total. The molecule has 4 rings (SSSR count). The van der Waals surface area contributed by atoms with Crippen LogP contribution in [0.2, 0.25) is 10.0 Å². The Morgan fingerprint density at radius 1 is 0.654 bits per heavy atom. The number of hydrogen-bond acceptors (Lipinski definition) is 2. The lowest BCUT2D eigenvalue weighted by molar-refractivity contribution is 0.582. The van der Waals surface area contributed by atoms with Gasteiger partial charge in [-0.2, -0.15) is 11.8 Å². The summed E-state index contributed by atoms with van der Waals surface area (Å²) in [6, 6.07) is 27.8. The zero-order valence-corrected chi connectivity index (χ0v) is 16.5. The molecule has 3 aromatic carbocycles. The Hall–Kier alpha value is -1.61. The van der Waals surface area contributed by atoms with Gasteiger partial charge in [0.15, 0.2) is 0 Å². The molecule has 0 aliphatic carbocycles. The highest BCUT2D eigenvalue weighted by Gasteiger charge is 2.33. The van der Waals surface area contributed by atoms with Crippen LogP contribution in [0.5, 0.6) is 0 Å². The maximum Gasteiger partial charge on any atom is 0.0639 e. The van der Waals surface area contributed by atoms with Gasteiger partial charge in [-0.15, -0.1) is 0 Å². The van der Waals surface area contributed by atoms with Crippen LogP contribution in [0.4, 0.5) is 5.69 Å². The predicted molar refractivity (Wildman–Crippen MR) is 115 cm³/mol. The first kappa shape index (κ1) is 17.8. The molecular formula is C22H19Cl2NS. The SMILES string of the molecule is Clc1ccc([C@H]2CSC[C@@H](c3ccc(Cl)cc3)N2c2ccccc2)cc1. The quantitative estimate of drug-likeness (QED) is 0.464. The van der Waals surface area contributed by atoms with Crippen molar-refractivity contribution in [2.24, 2.45) is 0 Å². The van der Waals surface area contributed by atoms with Gasteiger partial charge in [0.1, 0.15) is 0 Å². The van der Waals surface area contributed by atoms with E-state index in [0.717, 1.165) is 21.6 Å². The molecule has 1 aliphatic heterocycles. The molecule has 1 heterocycles. The lowest BCUT2D eigenvalue weighted by atomic mass is 9.99. The molecule has 0 unspecified atom stereocenters. The number of hydrogen-bond donors (Lipinski definition) is 0. The minimum atomic E-state index is 0.300. The summed E-state index contributed by atoms with van der Waals surface area (Å²) >= 11 is 14.2. The van der Waals surface area contributed by atoms with Gasteiger partial charge in [-0.3, -0.25) is 0 Å². The smallest absolute Gasteiger partial charge is 0.0639 e. The summed E-state index contributed by atoms with van der Waals surface area (Å²) in [5, 5.41) is 1.55. The topological polar surface area (TPSA) is 3.24 Å². The maximum absolute atomic E-state index is 6.11.